The molecule has 5 heteroatoms. The van der Waals surface area contributed by atoms with E-state index in [4.69, 9.17) is 0 Å². The number of amides is 1. The molecule has 5 rings (SSSR count). The zero-order valence-corrected chi connectivity index (χ0v) is 21.7. The average molecular weight is 486 g/mol. The minimum absolute atomic E-state index is 0.0491. The van der Waals surface area contributed by atoms with Crippen LogP contribution in [-0.2, 0) is 4.79 Å². The van der Waals surface area contributed by atoms with Gasteiger partial charge in [-0.2, -0.15) is 0 Å². The highest BCUT2D eigenvalue weighted by molar-refractivity contribution is 5.90. The number of hydrogen-bond acceptors (Lipinski definition) is 3. The summed E-state index contributed by atoms with van der Waals surface area (Å²) in [6.07, 6.45) is 9.31. The van der Waals surface area contributed by atoms with Crippen LogP contribution in [0.1, 0.15) is 85.0 Å². The van der Waals surface area contributed by atoms with Gasteiger partial charge in [-0.3, -0.25) is 4.79 Å². The van der Waals surface area contributed by atoms with E-state index in [9.17, 15) is 19.4 Å². The first kappa shape index (κ1) is 25.2. The van der Waals surface area contributed by atoms with Crippen LogP contribution < -0.4 is 5.32 Å². The summed E-state index contributed by atoms with van der Waals surface area (Å²) in [4.78, 5) is 12.5. The van der Waals surface area contributed by atoms with E-state index in [-0.39, 0.29) is 34.8 Å². The molecule has 10 atom stereocenters. The lowest BCUT2D eigenvalue weighted by atomic mass is 9.43. The second kappa shape index (κ2) is 9.45. The maximum absolute atomic E-state index is 13.4. The average Bonchev–Trinajstić information content (AvgIpc) is 3.16. The Labute approximate surface area is 210 Å². The molecule has 4 nitrogen and oxygen atoms in total. The van der Waals surface area contributed by atoms with Crippen LogP contribution in [0.4, 0.5) is 10.1 Å². The number of halogens is 1. The Kier molecular flexibility index (Phi) is 6.80. The van der Waals surface area contributed by atoms with Gasteiger partial charge >= 0.3 is 0 Å². The first-order chi connectivity index (χ1) is 16.6. The van der Waals surface area contributed by atoms with Gasteiger partial charge in [-0.25, -0.2) is 4.39 Å². The summed E-state index contributed by atoms with van der Waals surface area (Å²) in [5, 5.41) is 24.5. The maximum Gasteiger partial charge on any atom is 0.224 e. The first-order valence-electron chi connectivity index (χ1n) is 14.0. The van der Waals surface area contributed by atoms with Crippen molar-refractivity contribution in [2.75, 3.05) is 5.32 Å². The van der Waals surface area contributed by atoms with Gasteiger partial charge in [0.1, 0.15) is 5.82 Å². The second-order valence-corrected chi connectivity index (χ2v) is 13.0. The van der Waals surface area contributed by atoms with E-state index in [1.807, 2.05) is 0 Å². The molecule has 0 saturated heterocycles. The summed E-state index contributed by atoms with van der Waals surface area (Å²) >= 11 is 0. The van der Waals surface area contributed by atoms with Gasteiger partial charge in [0.2, 0.25) is 5.91 Å². The molecule has 35 heavy (non-hydrogen) atoms. The lowest BCUT2D eigenvalue weighted by Crippen LogP contribution is -2.58. The van der Waals surface area contributed by atoms with Gasteiger partial charge in [-0.1, -0.05) is 26.8 Å². The molecule has 0 unspecified atom stereocenters. The molecule has 3 N–H and O–H groups in total. The van der Waals surface area contributed by atoms with Crippen molar-refractivity contribution in [1.29, 1.82) is 0 Å². The molecule has 0 bridgehead atoms. The number of benzene rings is 1. The molecule has 1 aromatic rings. The SMILES string of the molecule is C[C@H](CCC(=O)Nc1cccc(F)c1)[C@H]1CC[C@H]2[C@@H]3[C@@H](O)C[C@@H]4C[C@H](O)CC[C@]4(C)[C@H]3CC[C@]12C. The number of rotatable bonds is 5. The molecular formula is C30H44FNO3. The van der Waals surface area contributed by atoms with Crippen molar-refractivity contribution in [3.63, 3.8) is 0 Å². The molecule has 0 aliphatic heterocycles. The summed E-state index contributed by atoms with van der Waals surface area (Å²) in [5.41, 5.74) is 0.989. The third-order valence-corrected chi connectivity index (χ3v) is 11.4. The Bertz CT molecular complexity index is 938. The fourth-order valence-corrected chi connectivity index (χ4v) is 9.53. The molecule has 4 aliphatic rings. The van der Waals surface area contributed by atoms with Crippen molar-refractivity contribution in [2.45, 2.75) is 97.2 Å². The van der Waals surface area contributed by atoms with E-state index in [0.717, 1.165) is 32.1 Å². The molecule has 0 radical (unpaired) electrons. The molecule has 1 amide bonds. The van der Waals surface area contributed by atoms with Crippen LogP contribution in [0.25, 0.3) is 0 Å². The Morgan fingerprint density at radius 3 is 2.60 bits per heavy atom. The number of aliphatic hydroxyl groups excluding tert-OH is 2. The number of hydrogen-bond donors (Lipinski definition) is 3. The highest BCUT2D eigenvalue weighted by Gasteiger charge is 2.62. The number of aliphatic hydroxyl groups is 2. The van der Waals surface area contributed by atoms with Gasteiger partial charge in [-0.05, 0) is 122 Å². The third kappa shape index (κ3) is 4.45. The summed E-state index contributed by atoms with van der Waals surface area (Å²) in [6.45, 7) is 7.24. The molecule has 4 fully saturated rings. The van der Waals surface area contributed by atoms with Crippen LogP contribution in [0.3, 0.4) is 0 Å². The number of fused-ring (bicyclic) bond motifs is 5. The summed E-state index contributed by atoms with van der Waals surface area (Å²) < 4.78 is 13.4. The summed E-state index contributed by atoms with van der Waals surface area (Å²) in [7, 11) is 0. The second-order valence-electron chi connectivity index (χ2n) is 13.0. The van der Waals surface area contributed by atoms with E-state index >= 15 is 0 Å². The van der Waals surface area contributed by atoms with Crippen molar-refractivity contribution in [3.8, 4) is 0 Å². The van der Waals surface area contributed by atoms with E-state index in [0.29, 0.717) is 47.6 Å². The van der Waals surface area contributed by atoms with Crippen LogP contribution >= 0.6 is 0 Å². The number of anilines is 1. The third-order valence-electron chi connectivity index (χ3n) is 11.4. The molecule has 0 aromatic heterocycles. The lowest BCUT2D eigenvalue weighted by Gasteiger charge is -2.62. The van der Waals surface area contributed by atoms with E-state index < -0.39 is 0 Å². The summed E-state index contributed by atoms with van der Waals surface area (Å²) in [5.74, 6) is 2.55. The van der Waals surface area contributed by atoms with Crippen molar-refractivity contribution < 1.29 is 19.4 Å². The highest BCUT2D eigenvalue weighted by atomic mass is 19.1. The monoisotopic (exact) mass is 485 g/mol. The molecule has 0 heterocycles. The lowest BCUT2D eigenvalue weighted by molar-refractivity contribution is -0.174. The molecule has 4 saturated carbocycles. The fraction of sp³-hybridized carbons (Fsp3) is 0.767. The Hall–Kier alpha value is -1.46. The van der Waals surface area contributed by atoms with Crippen LogP contribution in [0.15, 0.2) is 24.3 Å². The topological polar surface area (TPSA) is 69.6 Å². The quantitative estimate of drug-likeness (QED) is 0.467. The van der Waals surface area contributed by atoms with Crippen LogP contribution in [0.2, 0.25) is 0 Å². The minimum atomic E-state index is -0.342. The number of carbonyl (C=O) groups excluding carboxylic acids is 1. The Morgan fingerprint density at radius 1 is 1.09 bits per heavy atom. The van der Waals surface area contributed by atoms with Crippen molar-refractivity contribution in [1.82, 2.24) is 0 Å². The molecule has 4 aliphatic carbocycles. The molecule has 1 aromatic carbocycles. The van der Waals surface area contributed by atoms with Crippen molar-refractivity contribution in [3.05, 3.63) is 30.1 Å². The van der Waals surface area contributed by atoms with Crippen LogP contribution in [-0.4, -0.2) is 28.3 Å². The number of carbonyl (C=O) groups is 1. The van der Waals surface area contributed by atoms with Crippen molar-refractivity contribution in [2.24, 2.45) is 46.3 Å². The maximum atomic E-state index is 13.4. The van der Waals surface area contributed by atoms with Gasteiger partial charge in [0, 0.05) is 12.1 Å². The summed E-state index contributed by atoms with van der Waals surface area (Å²) in [6, 6.07) is 6.07. The zero-order valence-electron chi connectivity index (χ0n) is 21.7. The normalized spacial score (nSPS) is 43.5. The predicted octanol–water partition coefficient (Wildman–Crippen LogP) is 6.17. The van der Waals surface area contributed by atoms with Gasteiger partial charge in [0.05, 0.1) is 12.2 Å². The van der Waals surface area contributed by atoms with E-state index in [2.05, 4.69) is 26.1 Å². The van der Waals surface area contributed by atoms with Gasteiger partial charge in [-0.15, -0.1) is 0 Å². The predicted molar refractivity (Wildman–Crippen MR) is 136 cm³/mol. The smallest absolute Gasteiger partial charge is 0.224 e. The van der Waals surface area contributed by atoms with Gasteiger partial charge in [0.25, 0.3) is 0 Å². The largest absolute Gasteiger partial charge is 0.393 e. The van der Waals surface area contributed by atoms with Crippen LogP contribution in [0, 0.1) is 52.2 Å². The molecular weight excluding hydrogens is 441 g/mol. The van der Waals surface area contributed by atoms with Gasteiger partial charge < -0.3 is 15.5 Å². The molecule has 194 valence electrons. The first-order valence-corrected chi connectivity index (χ1v) is 14.0. The van der Waals surface area contributed by atoms with Crippen LogP contribution in [0.5, 0.6) is 0 Å². The van der Waals surface area contributed by atoms with Gasteiger partial charge in [0.15, 0.2) is 0 Å². The number of nitrogens with one attached hydrogen (secondary N) is 1. The van der Waals surface area contributed by atoms with E-state index in [1.165, 1.54) is 37.8 Å². The zero-order chi connectivity index (χ0) is 25.0. The molecule has 0 spiro atoms. The fourth-order valence-electron chi connectivity index (χ4n) is 9.53. The standard InChI is InChI=1S/C30H44FNO3/c1-18(7-10-27(35)32-21-6-4-5-20(31)17-21)23-8-9-24-28-25(12-14-30(23,24)3)29(2)13-11-22(33)15-19(29)16-26(28)34/h4-6,17-19,22-26,28,33-34H,7-16H2,1-3H3,(H,32,35)/t18-,19+,22-,23-,24+,25+,26+,28+,29+,30-/m1/s1. The van der Waals surface area contributed by atoms with E-state index in [1.54, 1.807) is 12.1 Å². The van der Waals surface area contributed by atoms with Crippen molar-refractivity contribution >= 4 is 11.6 Å². The Balaban J connectivity index is 1.24. The minimum Gasteiger partial charge on any atom is -0.393 e. The Morgan fingerprint density at radius 2 is 1.83 bits per heavy atom. The highest BCUT2D eigenvalue weighted by Crippen LogP contribution is 2.68.